The van der Waals surface area contributed by atoms with Gasteiger partial charge in [-0.2, -0.15) is 0 Å². The van der Waals surface area contributed by atoms with Crippen LogP contribution in [-0.2, 0) is 23.7 Å². The Bertz CT molecular complexity index is 453. The lowest BCUT2D eigenvalue weighted by Crippen LogP contribution is -2.53. The Morgan fingerprint density at radius 3 is 2.30 bits per heavy atom. The Kier molecular flexibility index (Phi) is 2.97. The van der Waals surface area contributed by atoms with Gasteiger partial charge in [0.05, 0.1) is 6.61 Å². The molecule has 6 heteroatoms. The summed E-state index contributed by atoms with van der Waals surface area (Å²) in [4.78, 5) is 0. The van der Waals surface area contributed by atoms with Crippen molar-refractivity contribution >= 4 is 0 Å². The van der Waals surface area contributed by atoms with Crippen molar-refractivity contribution in [3.05, 3.63) is 0 Å². The summed E-state index contributed by atoms with van der Waals surface area (Å²) in [6, 6.07) is 0. The molecule has 5 atom stereocenters. The van der Waals surface area contributed by atoms with E-state index in [4.69, 9.17) is 30.1 Å². The van der Waals surface area contributed by atoms with Gasteiger partial charge in [0.15, 0.2) is 29.6 Å². The van der Waals surface area contributed by atoms with Gasteiger partial charge in [0.1, 0.15) is 12.2 Å². The van der Waals surface area contributed by atoms with Crippen LogP contribution in [-0.4, -0.2) is 53.5 Å². The lowest BCUT2D eigenvalue weighted by molar-refractivity contribution is -0.240. The van der Waals surface area contributed by atoms with Gasteiger partial charge in [-0.25, -0.2) is 0 Å². The number of terminal acetylenes is 1. The quantitative estimate of drug-likeness (QED) is 0.702. The fourth-order valence-electron chi connectivity index (χ4n) is 2.94. The highest BCUT2D eigenvalue weighted by Crippen LogP contribution is 2.45. The second-order valence-corrected chi connectivity index (χ2v) is 6.32. The standard InChI is InChI=1S/C14H20O6/c1-6-14(15)9(8-7-16-12(2,3)18-8)17-11-10(14)19-13(4,5)20-11/h1,8-11,15H,7H2,2-5H3/t8-,9-,10+,11-,14+/m1/s1. The van der Waals surface area contributed by atoms with E-state index in [1.54, 1.807) is 27.7 Å². The third kappa shape index (κ3) is 2.06. The van der Waals surface area contributed by atoms with Crippen LogP contribution in [0.25, 0.3) is 0 Å². The van der Waals surface area contributed by atoms with Crippen LogP contribution in [0, 0.1) is 12.3 Å². The van der Waals surface area contributed by atoms with Crippen molar-refractivity contribution in [2.45, 2.75) is 69.5 Å². The maximum atomic E-state index is 10.8. The summed E-state index contributed by atoms with van der Waals surface area (Å²) >= 11 is 0. The average molecular weight is 284 g/mol. The highest BCUT2D eigenvalue weighted by Gasteiger charge is 2.65. The molecule has 3 rings (SSSR count). The van der Waals surface area contributed by atoms with E-state index in [1.807, 2.05) is 0 Å². The SMILES string of the molecule is C#C[C@]1(O)[C@@H]([C@H]2COC(C)(C)O2)O[C@@H]2OC(C)(C)O[C@@H]21. The summed E-state index contributed by atoms with van der Waals surface area (Å²) < 4.78 is 28.3. The van der Waals surface area contributed by atoms with Gasteiger partial charge in [-0.1, -0.05) is 5.92 Å². The average Bonchev–Trinajstić information content (AvgIpc) is 2.91. The van der Waals surface area contributed by atoms with Gasteiger partial charge in [0.2, 0.25) is 0 Å². The monoisotopic (exact) mass is 284 g/mol. The van der Waals surface area contributed by atoms with Gasteiger partial charge in [-0.15, -0.1) is 6.42 Å². The van der Waals surface area contributed by atoms with Gasteiger partial charge < -0.3 is 28.8 Å². The number of aliphatic hydroxyl groups is 1. The Labute approximate surface area is 118 Å². The van der Waals surface area contributed by atoms with E-state index >= 15 is 0 Å². The van der Waals surface area contributed by atoms with Crippen molar-refractivity contribution < 1.29 is 28.8 Å². The molecule has 1 N–H and O–H groups in total. The smallest absolute Gasteiger partial charge is 0.191 e. The van der Waals surface area contributed by atoms with Crippen molar-refractivity contribution in [2.75, 3.05) is 6.61 Å². The lowest BCUT2D eigenvalue weighted by atomic mass is 9.90. The summed E-state index contributed by atoms with van der Waals surface area (Å²) in [6.07, 6.45) is 2.87. The third-order valence-corrected chi connectivity index (χ3v) is 3.81. The summed E-state index contributed by atoms with van der Waals surface area (Å²) in [5.41, 5.74) is -1.60. The minimum absolute atomic E-state index is 0.296. The molecule has 3 saturated heterocycles. The highest BCUT2D eigenvalue weighted by molar-refractivity contribution is 5.23. The second-order valence-electron chi connectivity index (χ2n) is 6.32. The molecule has 3 aliphatic rings. The molecule has 0 aromatic heterocycles. The Morgan fingerprint density at radius 1 is 1.05 bits per heavy atom. The van der Waals surface area contributed by atoms with E-state index < -0.39 is 41.8 Å². The molecule has 0 aromatic carbocycles. The molecule has 3 aliphatic heterocycles. The number of ether oxygens (including phenoxy) is 5. The lowest BCUT2D eigenvalue weighted by Gasteiger charge is -2.32. The Morgan fingerprint density at radius 2 is 1.75 bits per heavy atom. The first kappa shape index (κ1) is 14.3. The molecule has 0 saturated carbocycles. The van der Waals surface area contributed by atoms with Crippen molar-refractivity contribution in [1.29, 1.82) is 0 Å². The van der Waals surface area contributed by atoms with E-state index in [9.17, 15) is 5.11 Å². The van der Waals surface area contributed by atoms with Crippen molar-refractivity contribution in [3.63, 3.8) is 0 Å². The molecule has 0 radical (unpaired) electrons. The largest absolute Gasteiger partial charge is 0.372 e. The number of hydrogen-bond donors (Lipinski definition) is 1. The van der Waals surface area contributed by atoms with Crippen LogP contribution in [0.4, 0.5) is 0 Å². The first-order valence-electron chi connectivity index (χ1n) is 6.70. The van der Waals surface area contributed by atoms with Gasteiger partial charge >= 0.3 is 0 Å². The van der Waals surface area contributed by atoms with Crippen LogP contribution in [0.15, 0.2) is 0 Å². The zero-order valence-electron chi connectivity index (χ0n) is 12.1. The minimum Gasteiger partial charge on any atom is -0.372 e. The van der Waals surface area contributed by atoms with E-state index in [2.05, 4.69) is 5.92 Å². The van der Waals surface area contributed by atoms with Crippen LogP contribution < -0.4 is 0 Å². The van der Waals surface area contributed by atoms with Crippen molar-refractivity contribution in [3.8, 4) is 12.3 Å². The van der Waals surface area contributed by atoms with Crippen molar-refractivity contribution in [2.24, 2.45) is 0 Å². The molecule has 20 heavy (non-hydrogen) atoms. The molecule has 0 unspecified atom stereocenters. The summed E-state index contributed by atoms with van der Waals surface area (Å²) in [6.45, 7) is 7.39. The van der Waals surface area contributed by atoms with Crippen LogP contribution in [0.3, 0.4) is 0 Å². The van der Waals surface area contributed by atoms with Crippen LogP contribution >= 0.6 is 0 Å². The van der Waals surface area contributed by atoms with Gasteiger partial charge in [-0.05, 0) is 27.7 Å². The first-order valence-corrected chi connectivity index (χ1v) is 6.70. The predicted molar refractivity (Wildman–Crippen MR) is 67.4 cm³/mol. The van der Waals surface area contributed by atoms with Crippen LogP contribution in [0.2, 0.25) is 0 Å². The maximum Gasteiger partial charge on any atom is 0.191 e. The third-order valence-electron chi connectivity index (χ3n) is 3.81. The molecule has 3 heterocycles. The molecular weight excluding hydrogens is 264 g/mol. The van der Waals surface area contributed by atoms with E-state index in [0.717, 1.165) is 0 Å². The molecule has 0 aromatic rings. The molecular formula is C14H20O6. The summed E-state index contributed by atoms with van der Waals surface area (Å²) in [5, 5.41) is 10.8. The zero-order chi connectivity index (χ0) is 14.8. The first-order chi connectivity index (χ1) is 9.17. The Balaban J connectivity index is 1.83. The topological polar surface area (TPSA) is 66.4 Å². The number of rotatable bonds is 1. The van der Waals surface area contributed by atoms with Gasteiger partial charge in [0.25, 0.3) is 0 Å². The zero-order valence-corrected chi connectivity index (χ0v) is 12.1. The van der Waals surface area contributed by atoms with E-state index in [0.29, 0.717) is 6.61 Å². The summed E-state index contributed by atoms with van der Waals surface area (Å²) in [7, 11) is 0. The van der Waals surface area contributed by atoms with Crippen LogP contribution in [0.5, 0.6) is 0 Å². The molecule has 3 fully saturated rings. The minimum atomic E-state index is -1.60. The fraction of sp³-hybridized carbons (Fsp3) is 0.857. The number of hydrogen-bond acceptors (Lipinski definition) is 6. The molecule has 6 nitrogen and oxygen atoms in total. The normalized spacial score (nSPS) is 49.0. The molecule has 0 aliphatic carbocycles. The van der Waals surface area contributed by atoms with E-state index in [1.165, 1.54) is 0 Å². The molecule has 0 bridgehead atoms. The van der Waals surface area contributed by atoms with Gasteiger partial charge in [0, 0.05) is 0 Å². The van der Waals surface area contributed by atoms with E-state index in [-0.39, 0.29) is 0 Å². The fourth-order valence-corrected chi connectivity index (χ4v) is 2.94. The van der Waals surface area contributed by atoms with Crippen molar-refractivity contribution in [1.82, 2.24) is 0 Å². The van der Waals surface area contributed by atoms with Gasteiger partial charge in [-0.3, -0.25) is 0 Å². The number of fused-ring (bicyclic) bond motifs is 1. The summed E-state index contributed by atoms with van der Waals surface area (Å²) in [5.74, 6) is 0.838. The molecule has 0 amide bonds. The highest BCUT2D eigenvalue weighted by atomic mass is 16.8. The molecule has 0 spiro atoms. The Hall–Kier alpha value is -0.680. The second kappa shape index (κ2) is 4.17. The van der Waals surface area contributed by atoms with Crippen LogP contribution in [0.1, 0.15) is 27.7 Å². The predicted octanol–water partition coefficient (Wildman–Crippen LogP) is 0.379. The molecule has 112 valence electrons. The maximum absolute atomic E-state index is 10.8.